The lowest BCUT2D eigenvalue weighted by molar-refractivity contribution is -0.141. The summed E-state index contributed by atoms with van der Waals surface area (Å²) in [7, 11) is 0. The van der Waals surface area contributed by atoms with Crippen molar-refractivity contribution in [2.24, 2.45) is 0 Å². The van der Waals surface area contributed by atoms with Crippen LogP contribution in [0.25, 0.3) is 0 Å². The van der Waals surface area contributed by atoms with Crippen LogP contribution in [-0.2, 0) is 11.6 Å². The Kier molecular flexibility index (Phi) is 3.91. The number of amides is 1. The summed E-state index contributed by atoms with van der Waals surface area (Å²) < 4.78 is 38.0. The van der Waals surface area contributed by atoms with Gasteiger partial charge in [0.25, 0.3) is 5.91 Å². The van der Waals surface area contributed by atoms with Crippen molar-refractivity contribution in [3.63, 3.8) is 0 Å². The maximum atomic E-state index is 12.7. The molecule has 1 aromatic carbocycles. The van der Waals surface area contributed by atoms with Crippen LogP contribution in [0, 0.1) is 0 Å². The molecule has 1 aliphatic rings. The van der Waals surface area contributed by atoms with E-state index in [4.69, 9.17) is 5.21 Å². The van der Waals surface area contributed by atoms with Crippen LogP contribution in [0.4, 0.5) is 18.9 Å². The average molecular weight is 352 g/mol. The molecular formula is C16H15F3N4O2. The van der Waals surface area contributed by atoms with E-state index in [0.717, 1.165) is 11.8 Å². The quantitative estimate of drug-likeness (QED) is 0.571. The van der Waals surface area contributed by atoms with Gasteiger partial charge < -0.3 is 5.32 Å². The molecule has 0 saturated carbocycles. The minimum Gasteiger partial charge on any atom is -0.375 e. The Morgan fingerprint density at radius 3 is 2.56 bits per heavy atom. The molecule has 2 heterocycles. The summed E-state index contributed by atoms with van der Waals surface area (Å²) in [4.78, 5) is 19.2. The van der Waals surface area contributed by atoms with Crippen LogP contribution in [0.2, 0.25) is 0 Å². The zero-order valence-electron chi connectivity index (χ0n) is 13.3. The van der Waals surface area contributed by atoms with E-state index < -0.39 is 29.2 Å². The predicted molar refractivity (Wildman–Crippen MR) is 82.1 cm³/mol. The number of hydrogen-bond donors (Lipinski definition) is 3. The van der Waals surface area contributed by atoms with Gasteiger partial charge in [-0.1, -0.05) is 26.0 Å². The highest BCUT2D eigenvalue weighted by molar-refractivity contribution is 6.00. The van der Waals surface area contributed by atoms with Crippen LogP contribution < -0.4 is 10.8 Å². The maximum absolute atomic E-state index is 12.7. The first-order valence-electron chi connectivity index (χ1n) is 7.40. The van der Waals surface area contributed by atoms with Gasteiger partial charge in [0.15, 0.2) is 5.69 Å². The summed E-state index contributed by atoms with van der Waals surface area (Å²) in [6.07, 6.45) is -2.78. The Labute approximate surface area is 141 Å². The third-order valence-corrected chi connectivity index (χ3v) is 4.37. The minimum absolute atomic E-state index is 0.232. The molecule has 0 bridgehead atoms. The number of carbonyl (C=O) groups is 1. The molecule has 0 aliphatic carbocycles. The second kappa shape index (κ2) is 5.69. The fourth-order valence-corrected chi connectivity index (χ4v) is 3.05. The number of rotatable bonds is 2. The van der Waals surface area contributed by atoms with Crippen molar-refractivity contribution in [1.82, 2.24) is 15.4 Å². The first-order valence-corrected chi connectivity index (χ1v) is 7.40. The van der Waals surface area contributed by atoms with Gasteiger partial charge in [-0.25, -0.2) is 10.5 Å². The standard InChI is InChI=1S/C16H15F3N4O2/c1-15(2)9-5-3-4-8(14(24)23-25)12(9)22-13(15)10-6-21-11(7-20-10)16(17,18)19/h3-7,13,22,25H,1-2H3,(H,23,24)/t13-/m0/s1. The molecule has 3 rings (SSSR count). The highest BCUT2D eigenvalue weighted by atomic mass is 19.4. The number of aromatic nitrogens is 2. The lowest BCUT2D eigenvalue weighted by Gasteiger charge is -2.27. The van der Waals surface area contributed by atoms with Crippen molar-refractivity contribution in [2.45, 2.75) is 31.5 Å². The monoisotopic (exact) mass is 352 g/mol. The van der Waals surface area contributed by atoms with Gasteiger partial charge in [-0.2, -0.15) is 13.2 Å². The van der Waals surface area contributed by atoms with E-state index in [1.807, 2.05) is 19.9 Å². The SMILES string of the molecule is CC1(C)c2cccc(C(=O)NO)c2N[C@H]1c1cnc(C(F)(F)F)cn1. The van der Waals surface area contributed by atoms with Crippen molar-refractivity contribution in [2.75, 3.05) is 5.32 Å². The molecule has 1 atom stereocenters. The number of fused-ring (bicyclic) bond motifs is 1. The van der Waals surface area contributed by atoms with Gasteiger partial charge in [-0.3, -0.25) is 15.0 Å². The molecule has 132 valence electrons. The number of alkyl halides is 3. The molecule has 9 heteroatoms. The lowest BCUT2D eigenvalue weighted by atomic mass is 9.79. The van der Waals surface area contributed by atoms with Gasteiger partial charge in [0.2, 0.25) is 0 Å². The number of hydroxylamine groups is 1. The predicted octanol–water partition coefficient (Wildman–Crippen LogP) is 3.06. The van der Waals surface area contributed by atoms with Crippen LogP contribution in [0.3, 0.4) is 0 Å². The number of nitrogens with one attached hydrogen (secondary N) is 2. The Bertz CT molecular complexity index is 819. The number of para-hydroxylation sites is 1. The molecule has 0 unspecified atom stereocenters. The Balaban J connectivity index is 2.01. The van der Waals surface area contributed by atoms with Gasteiger partial charge in [-0.15, -0.1) is 0 Å². The minimum atomic E-state index is -4.56. The van der Waals surface area contributed by atoms with E-state index in [1.54, 1.807) is 11.5 Å². The van der Waals surface area contributed by atoms with Crippen LogP contribution in [0.1, 0.15) is 47.2 Å². The molecule has 3 N–H and O–H groups in total. The van der Waals surface area contributed by atoms with Crippen molar-refractivity contribution in [3.8, 4) is 0 Å². The molecular weight excluding hydrogens is 337 g/mol. The number of nitrogens with zero attached hydrogens (tertiary/aromatic N) is 2. The highest BCUT2D eigenvalue weighted by Crippen LogP contribution is 2.49. The highest BCUT2D eigenvalue weighted by Gasteiger charge is 2.43. The van der Waals surface area contributed by atoms with Crippen LogP contribution >= 0.6 is 0 Å². The van der Waals surface area contributed by atoms with E-state index in [2.05, 4.69) is 15.3 Å². The topological polar surface area (TPSA) is 87.1 Å². The Morgan fingerprint density at radius 1 is 1.28 bits per heavy atom. The fraction of sp³-hybridized carbons (Fsp3) is 0.312. The first-order chi connectivity index (χ1) is 11.7. The number of halogens is 3. The lowest BCUT2D eigenvalue weighted by Crippen LogP contribution is -2.26. The number of anilines is 1. The van der Waals surface area contributed by atoms with Gasteiger partial charge in [0, 0.05) is 5.41 Å². The molecule has 0 spiro atoms. The zero-order chi connectivity index (χ0) is 18.4. The second-order valence-electron chi connectivity index (χ2n) is 6.29. The van der Waals surface area contributed by atoms with Gasteiger partial charge in [-0.05, 0) is 11.6 Å². The Morgan fingerprint density at radius 2 is 2.00 bits per heavy atom. The first kappa shape index (κ1) is 17.2. The van der Waals surface area contributed by atoms with Gasteiger partial charge in [0.05, 0.1) is 35.4 Å². The normalized spacial score (nSPS) is 18.4. The summed E-state index contributed by atoms with van der Waals surface area (Å²) in [5.74, 6) is -0.681. The third kappa shape index (κ3) is 2.80. The molecule has 1 aliphatic heterocycles. The molecule has 0 fully saturated rings. The van der Waals surface area contributed by atoms with Gasteiger partial charge >= 0.3 is 6.18 Å². The summed E-state index contributed by atoms with van der Waals surface area (Å²) in [5, 5.41) is 12.0. The molecule has 1 amide bonds. The second-order valence-corrected chi connectivity index (χ2v) is 6.29. The van der Waals surface area contributed by atoms with Crippen LogP contribution in [0.5, 0.6) is 0 Å². The maximum Gasteiger partial charge on any atom is 0.434 e. The van der Waals surface area contributed by atoms with E-state index in [-0.39, 0.29) is 5.56 Å². The van der Waals surface area contributed by atoms with Crippen molar-refractivity contribution >= 4 is 11.6 Å². The van der Waals surface area contributed by atoms with Crippen molar-refractivity contribution < 1.29 is 23.2 Å². The average Bonchev–Trinajstić information content (AvgIpc) is 2.85. The van der Waals surface area contributed by atoms with Gasteiger partial charge in [0.1, 0.15) is 0 Å². The van der Waals surface area contributed by atoms with E-state index in [0.29, 0.717) is 17.6 Å². The summed E-state index contributed by atoms with van der Waals surface area (Å²) in [6.45, 7) is 3.77. The van der Waals surface area contributed by atoms with E-state index in [1.165, 1.54) is 6.07 Å². The molecule has 25 heavy (non-hydrogen) atoms. The number of hydrogen-bond acceptors (Lipinski definition) is 5. The van der Waals surface area contributed by atoms with Crippen LogP contribution in [0.15, 0.2) is 30.6 Å². The summed E-state index contributed by atoms with van der Waals surface area (Å²) >= 11 is 0. The molecule has 0 saturated heterocycles. The summed E-state index contributed by atoms with van der Waals surface area (Å²) in [6, 6.07) is 4.54. The van der Waals surface area contributed by atoms with Crippen molar-refractivity contribution in [1.29, 1.82) is 0 Å². The smallest absolute Gasteiger partial charge is 0.375 e. The Hall–Kier alpha value is -2.68. The molecule has 2 aromatic rings. The van der Waals surface area contributed by atoms with E-state index in [9.17, 15) is 18.0 Å². The number of benzene rings is 1. The van der Waals surface area contributed by atoms with Crippen LogP contribution in [-0.4, -0.2) is 21.1 Å². The molecule has 0 radical (unpaired) electrons. The van der Waals surface area contributed by atoms with Crippen molar-refractivity contribution in [3.05, 3.63) is 53.1 Å². The third-order valence-electron chi connectivity index (χ3n) is 4.37. The van der Waals surface area contributed by atoms with E-state index >= 15 is 0 Å². The fourth-order valence-electron chi connectivity index (χ4n) is 3.05. The largest absolute Gasteiger partial charge is 0.434 e. The summed E-state index contributed by atoms with van der Waals surface area (Å²) in [5.41, 5.74) is 1.81. The zero-order valence-corrected chi connectivity index (χ0v) is 13.3. The molecule has 1 aromatic heterocycles. The number of carbonyl (C=O) groups excluding carboxylic acids is 1. The molecule has 6 nitrogen and oxygen atoms in total.